The molecule has 4 nitrogen and oxygen atoms in total. The van der Waals surface area contributed by atoms with Crippen molar-refractivity contribution < 1.29 is 18.9 Å². The molecule has 3 fully saturated rings. The van der Waals surface area contributed by atoms with Gasteiger partial charge in [0.25, 0.3) is 0 Å². The highest BCUT2D eigenvalue weighted by Crippen LogP contribution is 2.49. The molecule has 0 radical (unpaired) electrons. The summed E-state index contributed by atoms with van der Waals surface area (Å²) in [7, 11) is 0. The van der Waals surface area contributed by atoms with Gasteiger partial charge in [-0.05, 0) is 12.1 Å². The molecule has 4 rings (SSSR count). The standard InChI is InChI=1S/C13H12O4S/c18-13(14-7-4-2-1-3-5-7)16-9-6-8-11-12(17-11)10(9)15-8/h1-5,8-12H,6H2/t8-,9+,10+,11-,12+/m1/s1. The van der Waals surface area contributed by atoms with Crippen LogP contribution in [0, 0.1) is 0 Å². The van der Waals surface area contributed by atoms with Crippen molar-refractivity contribution >= 4 is 17.5 Å². The summed E-state index contributed by atoms with van der Waals surface area (Å²) < 4.78 is 22.3. The van der Waals surface area contributed by atoms with E-state index in [1.54, 1.807) is 0 Å². The van der Waals surface area contributed by atoms with E-state index in [-0.39, 0.29) is 29.7 Å². The van der Waals surface area contributed by atoms with Gasteiger partial charge >= 0.3 is 5.24 Å². The van der Waals surface area contributed by atoms with E-state index in [1.165, 1.54) is 0 Å². The summed E-state index contributed by atoms with van der Waals surface area (Å²) in [5, 5.41) is 0.152. The smallest absolute Gasteiger partial charge is 0.358 e. The Morgan fingerprint density at radius 1 is 1.11 bits per heavy atom. The predicted molar refractivity (Wildman–Crippen MR) is 66.5 cm³/mol. The third-order valence-corrected chi connectivity index (χ3v) is 3.79. The number of fused-ring (bicyclic) bond motifs is 5. The number of hydrogen-bond acceptors (Lipinski definition) is 5. The van der Waals surface area contributed by atoms with Crippen LogP contribution in [0.2, 0.25) is 0 Å². The molecule has 3 heterocycles. The summed E-state index contributed by atoms with van der Waals surface area (Å²) in [5.74, 6) is 0.687. The Balaban J connectivity index is 1.37. The molecular weight excluding hydrogens is 252 g/mol. The van der Waals surface area contributed by atoms with E-state index in [0.717, 1.165) is 6.42 Å². The van der Waals surface area contributed by atoms with Gasteiger partial charge in [-0.3, -0.25) is 0 Å². The molecule has 18 heavy (non-hydrogen) atoms. The van der Waals surface area contributed by atoms with Crippen molar-refractivity contribution in [2.24, 2.45) is 0 Å². The van der Waals surface area contributed by atoms with Gasteiger partial charge in [0.1, 0.15) is 30.2 Å². The average Bonchev–Trinajstić information content (AvgIpc) is 2.99. The first-order chi connectivity index (χ1) is 8.81. The predicted octanol–water partition coefficient (Wildman–Crippen LogP) is 1.67. The van der Waals surface area contributed by atoms with Crippen molar-refractivity contribution in [1.82, 2.24) is 0 Å². The maximum atomic E-state index is 5.73. The van der Waals surface area contributed by atoms with Crippen LogP contribution in [0.15, 0.2) is 30.3 Å². The highest BCUT2D eigenvalue weighted by Gasteiger charge is 2.66. The van der Waals surface area contributed by atoms with Gasteiger partial charge in [0.2, 0.25) is 0 Å². The zero-order valence-electron chi connectivity index (χ0n) is 9.52. The molecule has 1 aromatic carbocycles. The van der Waals surface area contributed by atoms with E-state index in [9.17, 15) is 0 Å². The number of epoxide rings is 1. The van der Waals surface area contributed by atoms with Crippen LogP contribution in [0.25, 0.3) is 0 Å². The third-order valence-electron chi connectivity index (χ3n) is 3.61. The summed E-state index contributed by atoms with van der Waals surface area (Å²) in [5.41, 5.74) is 0. The lowest BCUT2D eigenvalue weighted by atomic mass is 9.98. The molecular formula is C13H12O4S. The summed E-state index contributed by atoms with van der Waals surface area (Å²) in [6.45, 7) is 0. The van der Waals surface area contributed by atoms with Crippen LogP contribution < -0.4 is 4.74 Å². The SMILES string of the molecule is S=C(Oc1ccccc1)O[C@H]1C[C@H]2O[C@@H]1[C@@H]1O[C@@H]12. The Kier molecular flexibility index (Phi) is 2.33. The minimum absolute atomic E-state index is 0.0253. The molecule has 2 bridgehead atoms. The fourth-order valence-corrected chi connectivity index (χ4v) is 2.98. The quantitative estimate of drug-likeness (QED) is 0.600. The van der Waals surface area contributed by atoms with Crippen LogP contribution in [0.5, 0.6) is 5.75 Å². The molecule has 0 aliphatic carbocycles. The van der Waals surface area contributed by atoms with E-state index >= 15 is 0 Å². The van der Waals surface area contributed by atoms with Crippen molar-refractivity contribution in [2.45, 2.75) is 36.9 Å². The summed E-state index contributed by atoms with van der Waals surface area (Å²) in [6.07, 6.45) is 1.54. The molecule has 0 amide bonds. The van der Waals surface area contributed by atoms with Gasteiger partial charge in [-0.1, -0.05) is 18.2 Å². The van der Waals surface area contributed by atoms with Crippen LogP contribution in [0.1, 0.15) is 6.42 Å². The van der Waals surface area contributed by atoms with Crippen molar-refractivity contribution in [3.8, 4) is 5.75 Å². The highest BCUT2D eigenvalue weighted by molar-refractivity contribution is 7.79. The first kappa shape index (κ1) is 10.7. The molecule has 5 atom stereocenters. The Morgan fingerprint density at radius 2 is 1.94 bits per heavy atom. The molecule has 0 unspecified atom stereocenters. The largest absolute Gasteiger partial charge is 0.450 e. The number of benzene rings is 1. The molecule has 0 aromatic heterocycles. The van der Waals surface area contributed by atoms with Gasteiger partial charge in [-0.2, -0.15) is 0 Å². The van der Waals surface area contributed by atoms with Crippen LogP contribution in [0.3, 0.4) is 0 Å². The van der Waals surface area contributed by atoms with Crippen molar-refractivity contribution in [2.75, 3.05) is 0 Å². The topological polar surface area (TPSA) is 40.2 Å². The molecule has 3 saturated heterocycles. The summed E-state index contributed by atoms with van der Waals surface area (Å²) >= 11 is 5.10. The minimum atomic E-state index is -0.0324. The van der Waals surface area contributed by atoms with Crippen LogP contribution in [-0.4, -0.2) is 35.8 Å². The molecule has 0 saturated carbocycles. The molecule has 94 valence electrons. The van der Waals surface area contributed by atoms with Gasteiger partial charge in [-0.15, -0.1) is 0 Å². The second-order valence-electron chi connectivity index (χ2n) is 4.76. The maximum absolute atomic E-state index is 5.73. The minimum Gasteiger partial charge on any atom is -0.450 e. The normalized spacial score (nSPS) is 39.2. The van der Waals surface area contributed by atoms with Gasteiger partial charge in [0.05, 0.1) is 6.10 Å². The van der Waals surface area contributed by atoms with Crippen LogP contribution in [-0.2, 0) is 14.2 Å². The number of hydrogen-bond donors (Lipinski definition) is 0. The van der Waals surface area contributed by atoms with E-state index < -0.39 is 0 Å². The van der Waals surface area contributed by atoms with Crippen molar-refractivity contribution in [3.63, 3.8) is 0 Å². The zero-order chi connectivity index (χ0) is 12.1. The van der Waals surface area contributed by atoms with E-state index in [0.29, 0.717) is 11.9 Å². The molecule has 0 spiro atoms. The van der Waals surface area contributed by atoms with Crippen LogP contribution >= 0.6 is 12.2 Å². The van der Waals surface area contributed by atoms with Gasteiger partial charge in [-0.25, -0.2) is 0 Å². The first-order valence-corrected chi connectivity index (χ1v) is 6.46. The number of thiocarbonyl (C=S) groups is 1. The average molecular weight is 264 g/mol. The monoisotopic (exact) mass is 264 g/mol. The first-order valence-electron chi connectivity index (χ1n) is 6.06. The van der Waals surface area contributed by atoms with Gasteiger partial charge in [0.15, 0.2) is 0 Å². The third kappa shape index (κ3) is 1.70. The molecule has 0 N–H and O–H groups in total. The lowest BCUT2D eigenvalue weighted by molar-refractivity contribution is -0.00696. The number of ether oxygens (including phenoxy) is 4. The van der Waals surface area contributed by atoms with Gasteiger partial charge in [0, 0.05) is 18.6 Å². The maximum Gasteiger partial charge on any atom is 0.358 e. The molecule has 5 heteroatoms. The fraction of sp³-hybridized carbons (Fsp3) is 0.462. The van der Waals surface area contributed by atoms with Crippen molar-refractivity contribution in [3.05, 3.63) is 30.3 Å². The summed E-state index contributed by atoms with van der Waals surface area (Å²) in [4.78, 5) is 0. The van der Waals surface area contributed by atoms with Gasteiger partial charge < -0.3 is 18.9 Å². The second-order valence-corrected chi connectivity index (χ2v) is 5.09. The number of rotatable bonds is 2. The Hall–Kier alpha value is -1.17. The van der Waals surface area contributed by atoms with E-state index in [2.05, 4.69) is 0 Å². The second kappa shape index (κ2) is 3.91. The lowest BCUT2D eigenvalue weighted by Crippen LogP contribution is -2.34. The summed E-state index contributed by atoms with van der Waals surface area (Å²) in [6, 6.07) is 9.38. The molecule has 3 aliphatic rings. The van der Waals surface area contributed by atoms with Crippen molar-refractivity contribution in [1.29, 1.82) is 0 Å². The molecule has 1 aromatic rings. The van der Waals surface area contributed by atoms with Crippen LogP contribution in [0.4, 0.5) is 0 Å². The lowest BCUT2D eigenvalue weighted by Gasteiger charge is -2.18. The Bertz CT molecular complexity index is 477. The Labute approximate surface area is 110 Å². The van der Waals surface area contributed by atoms with E-state index in [1.807, 2.05) is 30.3 Å². The molecule has 3 aliphatic heterocycles. The Morgan fingerprint density at radius 3 is 2.67 bits per heavy atom. The number of para-hydroxylation sites is 1. The van der Waals surface area contributed by atoms with E-state index in [4.69, 9.17) is 31.2 Å². The zero-order valence-corrected chi connectivity index (χ0v) is 10.3. The fourth-order valence-electron chi connectivity index (χ4n) is 2.76. The highest BCUT2D eigenvalue weighted by atomic mass is 32.1.